The molecule has 1 aliphatic carbocycles. The zero-order chi connectivity index (χ0) is 13.5. The van der Waals surface area contributed by atoms with E-state index in [4.69, 9.17) is 5.73 Å². The quantitative estimate of drug-likeness (QED) is 0.885. The number of nitrogens with zero attached hydrogens (tertiary/aromatic N) is 1. The van der Waals surface area contributed by atoms with Crippen molar-refractivity contribution >= 4 is 5.91 Å². The molecule has 0 unspecified atom stereocenters. The Balaban J connectivity index is 2.00. The Kier molecular flexibility index (Phi) is 3.09. The Hall–Kier alpha value is -1.35. The number of hydrogen-bond acceptors (Lipinski definition) is 2. The lowest BCUT2D eigenvalue weighted by atomic mass is 9.69. The van der Waals surface area contributed by atoms with E-state index in [0.717, 1.165) is 30.5 Å². The van der Waals surface area contributed by atoms with E-state index in [1.807, 2.05) is 7.05 Å². The summed E-state index contributed by atoms with van der Waals surface area (Å²) in [5, 5.41) is 0. The molecule has 1 aromatic rings. The fourth-order valence-electron chi connectivity index (χ4n) is 3.62. The fraction of sp³-hybridized carbons (Fsp3) is 0.562. The van der Waals surface area contributed by atoms with Gasteiger partial charge in [0.15, 0.2) is 0 Å². The third-order valence-electron chi connectivity index (χ3n) is 4.91. The average molecular weight is 258 g/mol. The second-order valence-corrected chi connectivity index (χ2v) is 6.08. The molecule has 1 heterocycles. The third-order valence-corrected chi connectivity index (χ3v) is 4.91. The van der Waals surface area contributed by atoms with Crippen molar-refractivity contribution in [1.29, 1.82) is 0 Å². The highest BCUT2D eigenvalue weighted by atomic mass is 16.2. The molecule has 1 fully saturated rings. The van der Waals surface area contributed by atoms with Crippen molar-refractivity contribution in [3.05, 3.63) is 34.9 Å². The molecule has 0 radical (unpaired) electrons. The maximum absolute atomic E-state index is 12.1. The topological polar surface area (TPSA) is 46.3 Å². The monoisotopic (exact) mass is 258 g/mol. The molecule has 19 heavy (non-hydrogen) atoms. The molecule has 1 aromatic carbocycles. The summed E-state index contributed by atoms with van der Waals surface area (Å²) in [4.78, 5) is 13.9. The lowest BCUT2D eigenvalue weighted by molar-refractivity contribution is 0.0816. The number of benzene rings is 1. The van der Waals surface area contributed by atoms with E-state index in [1.54, 1.807) is 4.90 Å². The zero-order valence-corrected chi connectivity index (χ0v) is 11.6. The number of carbonyl (C=O) groups is 1. The van der Waals surface area contributed by atoms with Gasteiger partial charge in [0.1, 0.15) is 0 Å². The van der Waals surface area contributed by atoms with Crippen molar-refractivity contribution in [2.75, 3.05) is 13.6 Å². The van der Waals surface area contributed by atoms with E-state index in [1.165, 1.54) is 24.8 Å². The molecule has 1 aliphatic heterocycles. The first-order valence-electron chi connectivity index (χ1n) is 7.25. The number of amides is 1. The first-order chi connectivity index (χ1) is 9.16. The fourth-order valence-corrected chi connectivity index (χ4v) is 3.62. The van der Waals surface area contributed by atoms with Crippen LogP contribution < -0.4 is 5.73 Å². The summed E-state index contributed by atoms with van der Waals surface area (Å²) in [6.07, 6.45) is 6.14. The van der Waals surface area contributed by atoms with Crippen LogP contribution in [0, 0.1) is 0 Å². The predicted molar refractivity (Wildman–Crippen MR) is 76.1 cm³/mol. The van der Waals surface area contributed by atoms with Gasteiger partial charge in [-0.05, 0) is 30.0 Å². The molecular formula is C16H22N2O. The first-order valence-corrected chi connectivity index (χ1v) is 7.25. The Morgan fingerprint density at radius 3 is 2.68 bits per heavy atom. The number of fused-ring (bicyclic) bond motifs is 1. The molecule has 0 spiro atoms. The molecular weight excluding hydrogens is 236 g/mol. The summed E-state index contributed by atoms with van der Waals surface area (Å²) in [5.41, 5.74) is 9.50. The van der Waals surface area contributed by atoms with E-state index in [9.17, 15) is 4.79 Å². The largest absolute Gasteiger partial charge is 0.337 e. The first kappa shape index (κ1) is 12.7. The highest BCUT2D eigenvalue weighted by Crippen LogP contribution is 2.40. The van der Waals surface area contributed by atoms with Crippen molar-refractivity contribution in [2.24, 2.45) is 5.73 Å². The van der Waals surface area contributed by atoms with Crippen LogP contribution in [-0.2, 0) is 12.0 Å². The van der Waals surface area contributed by atoms with Crippen molar-refractivity contribution < 1.29 is 4.79 Å². The highest BCUT2D eigenvalue weighted by molar-refractivity contribution is 5.98. The van der Waals surface area contributed by atoms with Crippen molar-refractivity contribution in [3.63, 3.8) is 0 Å². The minimum Gasteiger partial charge on any atom is -0.337 e. The summed E-state index contributed by atoms with van der Waals surface area (Å²) in [7, 11) is 1.86. The molecule has 3 rings (SSSR count). The van der Waals surface area contributed by atoms with E-state index in [0.29, 0.717) is 6.54 Å². The van der Waals surface area contributed by atoms with Crippen molar-refractivity contribution in [1.82, 2.24) is 4.90 Å². The van der Waals surface area contributed by atoms with Crippen LogP contribution in [0.15, 0.2) is 18.2 Å². The highest BCUT2D eigenvalue weighted by Gasteiger charge is 2.34. The summed E-state index contributed by atoms with van der Waals surface area (Å²) in [6.45, 7) is 1.43. The maximum atomic E-state index is 12.1. The van der Waals surface area contributed by atoms with Gasteiger partial charge in [0.2, 0.25) is 0 Å². The normalized spacial score (nSPS) is 21.6. The van der Waals surface area contributed by atoms with Gasteiger partial charge < -0.3 is 10.6 Å². The van der Waals surface area contributed by atoms with Crippen LogP contribution in [0.25, 0.3) is 0 Å². The molecule has 2 N–H and O–H groups in total. The van der Waals surface area contributed by atoms with Gasteiger partial charge in [-0.25, -0.2) is 0 Å². The second-order valence-electron chi connectivity index (χ2n) is 6.08. The van der Waals surface area contributed by atoms with Crippen molar-refractivity contribution in [3.8, 4) is 0 Å². The van der Waals surface area contributed by atoms with Gasteiger partial charge in [-0.1, -0.05) is 31.4 Å². The predicted octanol–water partition coefficient (Wildman–Crippen LogP) is 2.43. The van der Waals surface area contributed by atoms with Gasteiger partial charge in [0, 0.05) is 31.1 Å². The molecule has 0 bridgehead atoms. The zero-order valence-electron chi connectivity index (χ0n) is 11.6. The minimum absolute atomic E-state index is 0.106. The van der Waals surface area contributed by atoms with E-state index in [2.05, 4.69) is 18.2 Å². The summed E-state index contributed by atoms with van der Waals surface area (Å²) < 4.78 is 0. The van der Waals surface area contributed by atoms with Crippen molar-refractivity contribution in [2.45, 2.75) is 44.1 Å². The molecule has 3 nitrogen and oxygen atoms in total. The number of hydrogen-bond donors (Lipinski definition) is 1. The van der Waals surface area contributed by atoms with Gasteiger partial charge in [-0.2, -0.15) is 0 Å². The number of carbonyl (C=O) groups excluding carboxylic acids is 1. The van der Waals surface area contributed by atoms with Crippen LogP contribution in [0.2, 0.25) is 0 Å². The number of nitrogens with two attached hydrogens (primary N) is 1. The van der Waals surface area contributed by atoms with Crippen LogP contribution in [-0.4, -0.2) is 24.4 Å². The second kappa shape index (κ2) is 4.64. The summed E-state index contributed by atoms with van der Waals surface area (Å²) in [6, 6.07) is 6.43. The van der Waals surface area contributed by atoms with Gasteiger partial charge in [-0.3, -0.25) is 4.79 Å². The minimum atomic E-state index is 0.106. The van der Waals surface area contributed by atoms with Crippen LogP contribution in [0.1, 0.15) is 53.6 Å². The molecule has 0 saturated heterocycles. The Morgan fingerprint density at radius 2 is 2.00 bits per heavy atom. The van der Waals surface area contributed by atoms with Gasteiger partial charge >= 0.3 is 0 Å². The van der Waals surface area contributed by atoms with E-state index in [-0.39, 0.29) is 11.3 Å². The van der Waals surface area contributed by atoms with Crippen LogP contribution in [0.5, 0.6) is 0 Å². The maximum Gasteiger partial charge on any atom is 0.254 e. The van der Waals surface area contributed by atoms with E-state index < -0.39 is 0 Å². The lowest BCUT2D eigenvalue weighted by Crippen LogP contribution is -2.37. The van der Waals surface area contributed by atoms with Gasteiger partial charge in [0.05, 0.1) is 0 Å². The third kappa shape index (κ3) is 1.96. The Morgan fingerprint density at radius 1 is 1.26 bits per heavy atom. The molecule has 1 saturated carbocycles. The van der Waals surface area contributed by atoms with Crippen LogP contribution >= 0.6 is 0 Å². The summed E-state index contributed by atoms with van der Waals surface area (Å²) in [5.74, 6) is 0.153. The molecule has 3 heteroatoms. The number of rotatable bonds is 2. The smallest absolute Gasteiger partial charge is 0.254 e. The molecule has 0 aromatic heterocycles. The standard InChI is InChI=1S/C16H22N2O/c1-18-10-12-5-6-13(9-14(12)15(18)19)16(11-17)7-3-2-4-8-16/h5-6,9H,2-4,7-8,10-11,17H2,1H3. The Labute approximate surface area is 114 Å². The van der Waals surface area contributed by atoms with Crippen LogP contribution in [0.3, 0.4) is 0 Å². The molecule has 1 amide bonds. The van der Waals surface area contributed by atoms with Gasteiger partial charge in [0.25, 0.3) is 5.91 Å². The van der Waals surface area contributed by atoms with E-state index >= 15 is 0 Å². The van der Waals surface area contributed by atoms with Gasteiger partial charge in [-0.15, -0.1) is 0 Å². The van der Waals surface area contributed by atoms with Crippen LogP contribution in [0.4, 0.5) is 0 Å². The SMILES string of the molecule is CN1Cc2ccc(C3(CN)CCCCC3)cc2C1=O. The molecule has 102 valence electrons. The molecule has 0 atom stereocenters. The lowest BCUT2D eigenvalue weighted by Gasteiger charge is -2.37. The average Bonchev–Trinajstić information content (AvgIpc) is 2.74. The summed E-state index contributed by atoms with van der Waals surface area (Å²) >= 11 is 0. The Bertz CT molecular complexity index is 503. The molecule has 2 aliphatic rings.